The van der Waals surface area contributed by atoms with Crippen LogP contribution in [0.3, 0.4) is 0 Å². The summed E-state index contributed by atoms with van der Waals surface area (Å²) in [7, 11) is -2.16. The predicted octanol–water partition coefficient (Wildman–Crippen LogP) is 5.15. The summed E-state index contributed by atoms with van der Waals surface area (Å²) in [6, 6.07) is 14.8. The first-order valence-electron chi connectivity index (χ1n) is 10.7. The number of aromatic carboxylic acids is 1. The lowest BCUT2D eigenvalue weighted by atomic mass is 10.0. The molecule has 1 aromatic heterocycles. The summed E-state index contributed by atoms with van der Waals surface area (Å²) < 4.78 is 34.7. The van der Waals surface area contributed by atoms with Crippen LogP contribution in [-0.4, -0.2) is 37.0 Å². The molecule has 0 bridgehead atoms. The van der Waals surface area contributed by atoms with Crippen molar-refractivity contribution in [2.75, 3.05) is 11.9 Å². The number of hydrogen-bond acceptors (Lipinski definition) is 6. The Morgan fingerprint density at radius 3 is 2.58 bits per heavy atom. The van der Waals surface area contributed by atoms with Gasteiger partial charge in [0.05, 0.1) is 10.6 Å². The highest BCUT2D eigenvalue weighted by Gasteiger charge is 2.42. The summed E-state index contributed by atoms with van der Waals surface area (Å²) in [5, 5.41) is 9.41. The Hall–Kier alpha value is -2.88. The quantitative estimate of drug-likeness (QED) is 0.551. The monoisotopic (exact) mass is 484 g/mol. The van der Waals surface area contributed by atoms with Crippen LogP contribution in [0.15, 0.2) is 53.4 Å². The third kappa shape index (κ3) is 3.51. The van der Waals surface area contributed by atoms with Gasteiger partial charge in [-0.2, -0.15) is 4.31 Å². The van der Waals surface area contributed by atoms with Crippen molar-refractivity contribution < 1.29 is 23.1 Å². The van der Waals surface area contributed by atoms with E-state index >= 15 is 0 Å². The smallest absolute Gasteiger partial charge is 0.345 e. The Labute approximate surface area is 196 Å². The van der Waals surface area contributed by atoms with Gasteiger partial charge in [-0.3, -0.25) is 0 Å². The van der Waals surface area contributed by atoms with E-state index in [9.17, 15) is 18.3 Å². The first kappa shape index (κ1) is 21.9. The molecule has 0 spiro atoms. The van der Waals surface area contributed by atoms with Crippen molar-refractivity contribution in [1.82, 2.24) is 4.31 Å². The molecule has 172 valence electrons. The topological polar surface area (TPSA) is 87.2 Å². The van der Waals surface area contributed by atoms with Crippen LogP contribution in [-0.2, 0) is 16.6 Å². The molecule has 2 aliphatic heterocycles. The summed E-state index contributed by atoms with van der Waals surface area (Å²) in [5.74, 6) is -0.176. The van der Waals surface area contributed by atoms with Gasteiger partial charge in [-0.15, -0.1) is 11.3 Å². The Bertz CT molecular complexity index is 1350. The fourth-order valence-corrected chi connectivity index (χ4v) is 6.93. The highest BCUT2D eigenvalue weighted by atomic mass is 32.2. The number of thiophene rings is 1. The van der Waals surface area contributed by atoms with Crippen LogP contribution in [0.4, 0.5) is 11.4 Å². The zero-order chi connectivity index (χ0) is 23.5. The highest BCUT2D eigenvalue weighted by molar-refractivity contribution is 7.89. The van der Waals surface area contributed by atoms with Gasteiger partial charge in [0.25, 0.3) is 0 Å². The van der Waals surface area contributed by atoms with E-state index < -0.39 is 16.0 Å². The van der Waals surface area contributed by atoms with E-state index in [0.29, 0.717) is 23.4 Å². The summed E-state index contributed by atoms with van der Waals surface area (Å²) in [4.78, 5) is 14.7. The largest absolute Gasteiger partial charge is 0.487 e. The second kappa shape index (κ2) is 7.86. The van der Waals surface area contributed by atoms with Crippen molar-refractivity contribution in [2.45, 2.75) is 37.9 Å². The maximum atomic E-state index is 13.7. The predicted molar refractivity (Wildman–Crippen MR) is 128 cm³/mol. The first-order chi connectivity index (χ1) is 15.7. The second-order valence-electron chi connectivity index (χ2n) is 8.69. The number of ether oxygens (including phenoxy) is 1. The van der Waals surface area contributed by atoms with Gasteiger partial charge < -0.3 is 14.7 Å². The number of anilines is 2. The van der Waals surface area contributed by atoms with Gasteiger partial charge in [-0.05, 0) is 36.6 Å². The van der Waals surface area contributed by atoms with Crippen molar-refractivity contribution in [3.63, 3.8) is 0 Å². The van der Waals surface area contributed by atoms with Crippen LogP contribution in [0.1, 0.15) is 34.8 Å². The SMILES string of the molecule is CC(C)C[C@@H]1N(c2ccccc2)c2cc3c(cc2S(=O)(=O)N1C)-c1cc(C(=O)O)sc1CO3. The van der Waals surface area contributed by atoms with Crippen molar-refractivity contribution in [2.24, 2.45) is 5.92 Å². The second-order valence-corrected chi connectivity index (χ2v) is 11.8. The van der Waals surface area contributed by atoms with Crippen LogP contribution >= 0.6 is 11.3 Å². The lowest BCUT2D eigenvalue weighted by Crippen LogP contribution is -2.51. The van der Waals surface area contributed by atoms with Crippen molar-refractivity contribution in [1.29, 1.82) is 0 Å². The highest BCUT2D eigenvalue weighted by Crippen LogP contribution is 2.50. The standard InChI is InChI=1S/C24H24N2O5S2/c1-14(2)9-23-25(3)33(29,30)22-11-16-17-10-20(24(27)28)32-21(17)13-31-19(16)12-18(22)26(23)15-7-5-4-6-8-15/h4-8,10-12,14,23H,9,13H2,1-3H3,(H,27,28)/t23-/m0/s1. The van der Waals surface area contributed by atoms with Gasteiger partial charge in [0.15, 0.2) is 0 Å². The molecule has 2 aliphatic rings. The van der Waals surface area contributed by atoms with E-state index in [1.54, 1.807) is 25.2 Å². The molecule has 5 rings (SSSR count). The van der Waals surface area contributed by atoms with Gasteiger partial charge in [0, 0.05) is 29.9 Å². The minimum Gasteiger partial charge on any atom is -0.487 e. The Kier molecular flexibility index (Phi) is 5.23. The molecule has 0 saturated carbocycles. The molecule has 9 heteroatoms. The third-order valence-corrected chi connectivity index (χ3v) is 9.06. The normalized spacial score (nSPS) is 18.9. The summed E-state index contributed by atoms with van der Waals surface area (Å²) in [6.45, 7) is 4.41. The van der Waals surface area contributed by atoms with Gasteiger partial charge in [0.2, 0.25) is 10.0 Å². The van der Waals surface area contributed by atoms with Gasteiger partial charge >= 0.3 is 5.97 Å². The van der Waals surface area contributed by atoms with Crippen LogP contribution in [0, 0.1) is 5.92 Å². The van der Waals surface area contributed by atoms with E-state index in [1.807, 2.05) is 30.3 Å². The molecule has 7 nitrogen and oxygen atoms in total. The molecule has 0 unspecified atom stereocenters. The molecule has 33 heavy (non-hydrogen) atoms. The van der Waals surface area contributed by atoms with E-state index in [1.165, 1.54) is 4.31 Å². The average Bonchev–Trinajstić information content (AvgIpc) is 3.22. The molecule has 0 saturated heterocycles. The average molecular weight is 485 g/mol. The van der Waals surface area contributed by atoms with Crippen molar-refractivity contribution >= 4 is 38.7 Å². The molecular weight excluding hydrogens is 460 g/mol. The molecule has 1 N–H and O–H groups in total. The molecule has 3 heterocycles. The summed E-state index contributed by atoms with van der Waals surface area (Å²) in [5.41, 5.74) is 2.79. The number of carbonyl (C=O) groups is 1. The van der Waals surface area contributed by atoms with Crippen molar-refractivity contribution in [3.05, 3.63) is 58.3 Å². The van der Waals surface area contributed by atoms with Crippen LogP contribution in [0.25, 0.3) is 11.1 Å². The zero-order valence-corrected chi connectivity index (χ0v) is 20.1. The Morgan fingerprint density at radius 1 is 1.18 bits per heavy atom. The number of nitrogens with zero attached hydrogens (tertiary/aromatic N) is 2. The molecule has 0 radical (unpaired) electrons. The number of sulfonamides is 1. The van der Waals surface area contributed by atoms with Gasteiger partial charge in [-0.1, -0.05) is 32.0 Å². The Morgan fingerprint density at radius 2 is 1.91 bits per heavy atom. The number of hydrogen-bond donors (Lipinski definition) is 1. The molecule has 0 aliphatic carbocycles. The summed E-state index contributed by atoms with van der Waals surface area (Å²) >= 11 is 1.15. The number of para-hydroxylation sites is 1. The first-order valence-corrected chi connectivity index (χ1v) is 12.9. The van der Waals surface area contributed by atoms with Crippen LogP contribution < -0.4 is 9.64 Å². The fourth-order valence-electron chi connectivity index (χ4n) is 4.50. The minimum absolute atomic E-state index is 0.187. The zero-order valence-electron chi connectivity index (χ0n) is 18.5. The number of fused-ring (bicyclic) bond motifs is 4. The molecular formula is C24H24N2O5S2. The Balaban J connectivity index is 1.75. The fraction of sp³-hybridized carbons (Fsp3) is 0.292. The molecule has 3 aromatic rings. The molecule has 0 fully saturated rings. The number of carboxylic acid groups (broad SMARTS) is 1. The lowest BCUT2D eigenvalue weighted by Gasteiger charge is -2.44. The minimum atomic E-state index is -3.78. The maximum absolute atomic E-state index is 13.7. The van der Waals surface area contributed by atoms with Crippen molar-refractivity contribution in [3.8, 4) is 16.9 Å². The number of carboxylic acids is 1. The van der Waals surface area contributed by atoms with E-state index in [0.717, 1.165) is 27.5 Å². The number of rotatable bonds is 4. The van der Waals surface area contributed by atoms with Gasteiger partial charge in [-0.25, -0.2) is 13.2 Å². The lowest BCUT2D eigenvalue weighted by molar-refractivity contribution is 0.0702. The maximum Gasteiger partial charge on any atom is 0.345 e. The third-order valence-electron chi connectivity index (χ3n) is 6.08. The molecule has 1 atom stereocenters. The molecule has 2 aromatic carbocycles. The van der Waals surface area contributed by atoms with Crippen LogP contribution in [0.5, 0.6) is 5.75 Å². The summed E-state index contributed by atoms with van der Waals surface area (Å²) in [6.07, 6.45) is 0.264. The van der Waals surface area contributed by atoms with Crippen LogP contribution in [0.2, 0.25) is 0 Å². The van der Waals surface area contributed by atoms with E-state index in [4.69, 9.17) is 4.74 Å². The van der Waals surface area contributed by atoms with E-state index in [-0.39, 0.29) is 28.5 Å². The molecule has 0 amide bonds. The number of benzene rings is 2. The van der Waals surface area contributed by atoms with Gasteiger partial charge in [0.1, 0.15) is 28.3 Å². The van der Waals surface area contributed by atoms with E-state index in [2.05, 4.69) is 18.7 Å².